The first kappa shape index (κ1) is 84.6. The number of benzene rings is 22. The van der Waals surface area contributed by atoms with Crippen LogP contribution >= 0.6 is 0 Å². The van der Waals surface area contributed by atoms with Crippen molar-refractivity contribution < 1.29 is 13.3 Å². The second-order valence-corrected chi connectivity index (χ2v) is 37.3. The van der Waals surface area contributed by atoms with Crippen LogP contribution in [-0.4, -0.2) is 58.6 Å². The minimum absolute atomic E-state index is 0.586. The molecule has 0 spiro atoms. The Kier molecular flexibility index (Phi) is 19.9. The predicted molar refractivity (Wildman–Crippen MR) is 603 cm³/mol. The first-order valence-electron chi connectivity index (χ1n) is 49.5. The molecule has 0 amide bonds. The van der Waals surface area contributed by atoms with E-state index in [4.69, 9.17) is 58.1 Å². The van der Waals surface area contributed by atoms with Gasteiger partial charge in [-0.25, -0.2) is 44.9 Å². The fraction of sp³-hybridized carbons (Fsp3) is 0. The molecule has 31 rings (SSSR count). The molecule has 0 bridgehead atoms. The van der Waals surface area contributed by atoms with Crippen molar-refractivity contribution in [2.75, 3.05) is 0 Å². The summed E-state index contributed by atoms with van der Waals surface area (Å²) < 4.78 is 26.9. The summed E-state index contributed by atoms with van der Waals surface area (Å²) in [6, 6.07) is 168. The van der Waals surface area contributed by atoms with Gasteiger partial charge in [-0.3, -0.25) is 0 Å². The van der Waals surface area contributed by atoms with Crippen LogP contribution in [0.1, 0.15) is 0 Å². The fourth-order valence-electron chi connectivity index (χ4n) is 22.0. The molecule has 148 heavy (non-hydrogen) atoms. The van der Waals surface area contributed by atoms with E-state index in [-0.39, 0.29) is 0 Å². The quantitative estimate of drug-likeness (QED) is 0.114. The zero-order valence-corrected chi connectivity index (χ0v) is 79.3. The van der Waals surface area contributed by atoms with E-state index >= 15 is 0 Å². The van der Waals surface area contributed by atoms with Crippen LogP contribution in [0, 0.1) is 0 Å². The highest BCUT2D eigenvalue weighted by Gasteiger charge is 2.29. The number of fused-ring (bicyclic) bond motifs is 25. The van der Waals surface area contributed by atoms with E-state index in [0.29, 0.717) is 52.4 Å². The normalized spacial score (nSPS) is 11.8. The van der Waals surface area contributed by atoms with Crippen LogP contribution in [0.3, 0.4) is 0 Å². The van der Waals surface area contributed by atoms with Crippen LogP contribution < -0.4 is 0 Å². The summed E-state index contributed by atoms with van der Waals surface area (Å²) in [4.78, 5) is 45.9. The van der Waals surface area contributed by atoms with Gasteiger partial charge in [0, 0.05) is 133 Å². The third-order valence-corrected chi connectivity index (χ3v) is 28.6. The Morgan fingerprint density at radius 3 is 0.723 bits per heavy atom. The summed E-state index contributed by atoms with van der Waals surface area (Å²) in [5.74, 6) is 5.48. The molecule has 22 aromatic carbocycles. The van der Waals surface area contributed by atoms with E-state index in [0.717, 1.165) is 166 Å². The van der Waals surface area contributed by atoms with Crippen LogP contribution in [0.5, 0.6) is 0 Å². The molecule has 0 fully saturated rings. The summed E-state index contributed by atoms with van der Waals surface area (Å²) in [6.07, 6.45) is 0. The van der Waals surface area contributed by atoms with Gasteiger partial charge in [0.1, 0.15) is 33.5 Å². The molecule has 690 valence electrons. The average Bonchev–Trinajstić information content (AvgIpc) is 1.52. The van der Waals surface area contributed by atoms with Crippen molar-refractivity contribution in [3.63, 3.8) is 0 Å². The lowest BCUT2D eigenvalue weighted by Gasteiger charge is -2.13. The van der Waals surface area contributed by atoms with E-state index in [1.165, 1.54) is 75.4 Å². The monoisotopic (exact) mass is 1890 g/mol. The second-order valence-electron chi connectivity index (χ2n) is 37.3. The number of hydrogen-bond acceptors (Lipinski definition) is 12. The number of rotatable bonds is 12. The molecule has 15 heteroatoms. The van der Waals surface area contributed by atoms with Crippen molar-refractivity contribution in [1.82, 2.24) is 58.6 Å². The molecule has 0 aliphatic heterocycles. The van der Waals surface area contributed by atoms with Gasteiger partial charge >= 0.3 is 0 Å². The lowest BCUT2D eigenvalue weighted by atomic mass is 10.00. The van der Waals surface area contributed by atoms with E-state index in [2.05, 4.69) is 268 Å². The summed E-state index contributed by atoms with van der Waals surface area (Å²) in [5, 5.41) is 23.0. The molecule has 0 saturated carbocycles. The molecular formula is C133H80N12O3. The number of nitrogens with zero attached hydrogens (tertiary/aromatic N) is 12. The predicted octanol–water partition coefficient (Wildman–Crippen LogP) is 34.2. The highest BCUT2D eigenvalue weighted by molar-refractivity contribution is 6.29. The minimum atomic E-state index is 0.586. The zero-order valence-electron chi connectivity index (χ0n) is 79.3. The summed E-state index contributed by atoms with van der Waals surface area (Å²) in [5.41, 5.74) is 22.6. The van der Waals surface area contributed by atoms with Gasteiger partial charge in [-0.1, -0.05) is 388 Å². The largest absolute Gasteiger partial charge is 0.456 e. The molecular weight excluding hydrogens is 1810 g/mol. The molecule has 0 aliphatic rings. The van der Waals surface area contributed by atoms with E-state index < -0.39 is 0 Å². The molecule has 0 saturated heterocycles. The number of furan rings is 3. The molecule has 9 heterocycles. The SMILES string of the molecule is c1ccc(-c2nc(-c3ccccc3)nc(-c3cc(-n4c5ccc6ccccc6c5c5c6ccccc6ccc54)cc4oc5ccccc5c34)n2)cc1.c1ccc(-c2nc(-c3ccccc3)nc(-c3cc(-n4c5ccccc5c5c6ccccc6ccc54)cc4oc5ccccc5c34)n2)cc1.c1ccc(-c2nc(-c3ccccc3)nc(-c3cc(-n4c5ccccc5c5cc6ccccc6cc54)cc4oc5ccccc5c34)n2)cc1. The van der Waals surface area contributed by atoms with E-state index in [9.17, 15) is 0 Å². The lowest BCUT2D eigenvalue weighted by Crippen LogP contribution is -2.01. The molecule has 31 aromatic rings. The Bertz CT molecular complexity index is 10300. The van der Waals surface area contributed by atoms with Gasteiger partial charge in [0.05, 0.1) is 50.2 Å². The van der Waals surface area contributed by atoms with Gasteiger partial charge in [0.25, 0.3) is 0 Å². The summed E-state index contributed by atoms with van der Waals surface area (Å²) >= 11 is 0. The van der Waals surface area contributed by atoms with E-state index in [1.807, 2.05) is 231 Å². The molecule has 0 aliphatic carbocycles. The van der Waals surface area contributed by atoms with Gasteiger partial charge in [-0.05, 0) is 122 Å². The van der Waals surface area contributed by atoms with Gasteiger partial charge < -0.3 is 27.0 Å². The van der Waals surface area contributed by atoms with Crippen molar-refractivity contribution in [3.8, 4) is 120 Å². The van der Waals surface area contributed by atoms with Crippen molar-refractivity contribution in [2.24, 2.45) is 0 Å². The lowest BCUT2D eigenvalue weighted by molar-refractivity contribution is 0.668. The molecule has 0 N–H and O–H groups in total. The van der Waals surface area contributed by atoms with Crippen LogP contribution in [0.15, 0.2) is 499 Å². The minimum Gasteiger partial charge on any atom is -0.456 e. The van der Waals surface area contributed by atoms with Crippen molar-refractivity contribution in [3.05, 3.63) is 485 Å². The first-order valence-corrected chi connectivity index (χ1v) is 49.5. The number of para-hydroxylation sites is 5. The zero-order chi connectivity index (χ0) is 97.4. The third kappa shape index (κ3) is 14.3. The Hall–Kier alpha value is -20.3. The Morgan fingerprint density at radius 1 is 0.135 bits per heavy atom. The van der Waals surface area contributed by atoms with Crippen LogP contribution in [0.2, 0.25) is 0 Å². The van der Waals surface area contributed by atoms with Crippen molar-refractivity contribution in [2.45, 2.75) is 0 Å². The van der Waals surface area contributed by atoms with Crippen LogP contribution in [0.4, 0.5) is 0 Å². The maximum absolute atomic E-state index is 6.66. The molecule has 0 unspecified atom stereocenters. The Morgan fingerprint density at radius 2 is 0.378 bits per heavy atom. The van der Waals surface area contributed by atoms with Crippen LogP contribution in [0.25, 0.3) is 294 Å². The standard InChI is InChI=1S/C47H28N4O.2C43H26N4O/c1-3-15-31(16-4-1)45-48-46(32-17-5-2-6-18-32)50-47(49-45)37-27-33(28-41-42(37)36-21-11-12-22-40(36)52-41)51-38-25-23-29-13-7-9-19-34(29)43(38)44-35-20-10-8-14-30(35)24-26-39(44)51;1-3-14-28(15-4-1)41-44-42(29-16-5-2-6-17-29)46-43(45-41)34-25-30(26-38-40(34)33-20-10-12-22-37(33)48-38)47-35-21-11-9-19-32(35)39-31-18-8-7-13-27(31)23-24-36(39)47;1-3-13-27(14-4-1)41-44-42(28-15-5-2-6-16-28)46-43(45-41)35-25-31(26-39-40(35)33-20-10-12-22-38(33)48-39)47-36-21-11-9-19-32(36)34-23-29-17-7-8-18-30(29)24-37(34)47/h1-28H;2*1-26H. The second kappa shape index (κ2) is 34.8. The fourth-order valence-corrected chi connectivity index (χ4v) is 22.0. The van der Waals surface area contributed by atoms with Crippen molar-refractivity contribution in [1.29, 1.82) is 0 Å². The number of hydrogen-bond donors (Lipinski definition) is 0. The smallest absolute Gasteiger partial charge is 0.164 e. The van der Waals surface area contributed by atoms with Gasteiger partial charge in [0.15, 0.2) is 52.4 Å². The van der Waals surface area contributed by atoms with Crippen molar-refractivity contribution >= 4 is 174 Å². The Labute approximate surface area is 845 Å². The molecule has 0 radical (unpaired) electrons. The Balaban J connectivity index is 0.000000105. The highest BCUT2D eigenvalue weighted by atomic mass is 16.3. The molecule has 9 aromatic heterocycles. The van der Waals surface area contributed by atoms with Gasteiger partial charge in [-0.15, -0.1) is 0 Å². The first-order chi connectivity index (χ1) is 73.4. The van der Waals surface area contributed by atoms with E-state index in [1.54, 1.807) is 0 Å². The summed E-state index contributed by atoms with van der Waals surface area (Å²) in [7, 11) is 0. The topological polar surface area (TPSA) is 170 Å². The third-order valence-electron chi connectivity index (χ3n) is 28.6. The maximum Gasteiger partial charge on any atom is 0.164 e. The van der Waals surface area contributed by atoms with Gasteiger partial charge in [0.2, 0.25) is 0 Å². The maximum atomic E-state index is 6.66. The molecule has 0 atom stereocenters. The van der Waals surface area contributed by atoms with Crippen LogP contribution in [-0.2, 0) is 0 Å². The molecule has 15 nitrogen and oxygen atoms in total. The average molecular weight is 1890 g/mol. The number of aromatic nitrogens is 12. The summed E-state index contributed by atoms with van der Waals surface area (Å²) in [6.45, 7) is 0. The van der Waals surface area contributed by atoms with Gasteiger partial charge in [-0.2, -0.15) is 0 Å². The highest BCUT2D eigenvalue weighted by Crippen LogP contribution is 2.49.